The molecule has 0 atom stereocenters. The molecule has 2 N–H and O–H groups in total. The molecule has 0 unspecified atom stereocenters. The minimum absolute atomic E-state index is 0.0128. The van der Waals surface area contributed by atoms with Gasteiger partial charge in [-0.25, -0.2) is 4.98 Å². The number of amides is 1. The summed E-state index contributed by atoms with van der Waals surface area (Å²) in [6.07, 6.45) is 3.09. The Bertz CT molecular complexity index is 1100. The van der Waals surface area contributed by atoms with Crippen molar-refractivity contribution >= 4 is 28.1 Å². The Morgan fingerprint density at radius 1 is 1.17 bits per heavy atom. The van der Waals surface area contributed by atoms with Gasteiger partial charge in [0.05, 0.1) is 12.1 Å². The number of thiazole rings is 1. The van der Waals surface area contributed by atoms with Crippen molar-refractivity contribution in [2.45, 2.75) is 26.4 Å². The molecule has 5 nitrogen and oxygen atoms in total. The number of H-pyrrole nitrogens is 1. The lowest BCUT2D eigenvalue weighted by Crippen LogP contribution is -2.27. The SMILES string of the molecule is Cc1ccc(OCc2nc(CC(=O)NCCc3c[nH]c4ccccc34)cs2)cc1. The van der Waals surface area contributed by atoms with E-state index in [0.717, 1.165) is 28.4 Å². The average molecular weight is 406 g/mol. The fourth-order valence-electron chi connectivity index (χ4n) is 3.18. The van der Waals surface area contributed by atoms with E-state index in [-0.39, 0.29) is 12.3 Å². The van der Waals surface area contributed by atoms with Gasteiger partial charge in [0.25, 0.3) is 0 Å². The summed E-state index contributed by atoms with van der Waals surface area (Å²) in [5.41, 5.74) is 4.31. The maximum atomic E-state index is 12.2. The van der Waals surface area contributed by atoms with Crippen molar-refractivity contribution in [1.82, 2.24) is 15.3 Å². The summed E-state index contributed by atoms with van der Waals surface area (Å²) in [5, 5.41) is 6.99. The average Bonchev–Trinajstić information content (AvgIpc) is 3.35. The van der Waals surface area contributed by atoms with Crippen LogP contribution in [0, 0.1) is 6.92 Å². The first-order chi connectivity index (χ1) is 14.2. The molecule has 0 saturated heterocycles. The first kappa shape index (κ1) is 19.2. The second-order valence-corrected chi connectivity index (χ2v) is 7.91. The Morgan fingerprint density at radius 3 is 2.86 bits per heavy atom. The predicted molar refractivity (Wildman–Crippen MR) is 116 cm³/mol. The van der Waals surface area contributed by atoms with Gasteiger partial charge in [-0.15, -0.1) is 11.3 Å². The molecule has 1 amide bonds. The third kappa shape index (κ3) is 5.03. The number of carbonyl (C=O) groups is 1. The van der Waals surface area contributed by atoms with Gasteiger partial charge in [0.1, 0.15) is 17.4 Å². The molecule has 148 valence electrons. The number of benzene rings is 2. The molecule has 0 saturated carbocycles. The van der Waals surface area contributed by atoms with Crippen molar-refractivity contribution in [3.63, 3.8) is 0 Å². The van der Waals surface area contributed by atoms with E-state index in [9.17, 15) is 4.79 Å². The van der Waals surface area contributed by atoms with Gasteiger partial charge in [0.15, 0.2) is 0 Å². The highest BCUT2D eigenvalue weighted by molar-refractivity contribution is 7.09. The Hall–Kier alpha value is -3.12. The van der Waals surface area contributed by atoms with E-state index in [4.69, 9.17) is 4.74 Å². The molecule has 2 aromatic carbocycles. The smallest absolute Gasteiger partial charge is 0.226 e. The molecule has 0 aliphatic heterocycles. The normalized spacial score (nSPS) is 10.9. The summed E-state index contributed by atoms with van der Waals surface area (Å²) in [5.74, 6) is 0.809. The largest absolute Gasteiger partial charge is 0.486 e. The van der Waals surface area contributed by atoms with Gasteiger partial charge in [-0.3, -0.25) is 4.79 Å². The maximum absolute atomic E-state index is 12.2. The number of nitrogens with one attached hydrogen (secondary N) is 2. The lowest BCUT2D eigenvalue weighted by molar-refractivity contribution is -0.120. The third-order valence-electron chi connectivity index (χ3n) is 4.72. The second kappa shape index (κ2) is 8.92. The highest BCUT2D eigenvalue weighted by atomic mass is 32.1. The van der Waals surface area contributed by atoms with Crippen LogP contribution in [-0.2, 0) is 24.2 Å². The van der Waals surface area contributed by atoms with Crippen molar-refractivity contribution in [3.8, 4) is 5.75 Å². The van der Waals surface area contributed by atoms with Gasteiger partial charge in [-0.2, -0.15) is 0 Å². The molecule has 2 aromatic heterocycles. The Balaban J connectivity index is 1.23. The zero-order valence-corrected chi connectivity index (χ0v) is 17.1. The van der Waals surface area contributed by atoms with Gasteiger partial charge in [-0.05, 0) is 37.1 Å². The maximum Gasteiger partial charge on any atom is 0.226 e. The third-order valence-corrected chi connectivity index (χ3v) is 5.59. The standard InChI is InChI=1S/C23H23N3O2S/c1-16-6-8-19(9-7-16)28-14-23-26-18(15-29-23)12-22(27)24-11-10-17-13-25-21-5-3-2-4-20(17)21/h2-9,13,15,25H,10-12,14H2,1H3,(H,24,27). The zero-order chi connectivity index (χ0) is 20.1. The van der Waals surface area contributed by atoms with Gasteiger partial charge in [0.2, 0.25) is 5.91 Å². The number of nitrogens with zero attached hydrogens (tertiary/aromatic N) is 1. The van der Waals surface area contributed by atoms with Crippen LogP contribution in [0.25, 0.3) is 10.9 Å². The Morgan fingerprint density at radius 2 is 2.00 bits per heavy atom. The summed E-state index contributed by atoms with van der Waals surface area (Å²) < 4.78 is 5.75. The van der Waals surface area contributed by atoms with Crippen LogP contribution in [0.4, 0.5) is 0 Å². The van der Waals surface area contributed by atoms with E-state index in [2.05, 4.69) is 27.4 Å². The highest BCUT2D eigenvalue weighted by Crippen LogP contribution is 2.18. The van der Waals surface area contributed by atoms with Gasteiger partial charge >= 0.3 is 0 Å². The van der Waals surface area contributed by atoms with E-state index in [1.807, 2.05) is 54.9 Å². The van der Waals surface area contributed by atoms with Crippen molar-refractivity contribution in [3.05, 3.63) is 81.9 Å². The van der Waals surface area contributed by atoms with Crippen molar-refractivity contribution in [2.75, 3.05) is 6.54 Å². The van der Waals surface area contributed by atoms with E-state index >= 15 is 0 Å². The summed E-state index contributed by atoms with van der Waals surface area (Å²) in [7, 11) is 0. The summed E-state index contributed by atoms with van der Waals surface area (Å²) in [6, 6.07) is 16.1. The molecule has 4 aromatic rings. The summed E-state index contributed by atoms with van der Waals surface area (Å²) in [4.78, 5) is 20.0. The molecule has 0 aliphatic carbocycles. The van der Waals surface area contributed by atoms with Gasteiger partial charge in [0, 0.05) is 29.0 Å². The first-order valence-electron chi connectivity index (χ1n) is 9.62. The molecule has 0 radical (unpaired) electrons. The monoisotopic (exact) mass is 405 g/mol. The van der Waals surface area contributed by atoms with Crippen LogP contribution < -0.4 is 10.1 Å². The van der Waals surface area contributed by atoms with Crippen molar-refractivity contribution < 1.29 is 9.53 Å². The van der Waals surface area contributed by atoms with Crippen molar-refractivity contribution in [2.24, 2.45) is 0 Å². The number of fused-ring (bicyclic) bond motifs is 1. The summed E-state index contributed by atoms with van der Waals surface area (Å²) >= 11 is 1.52. The van der Waals surface area contributed by atoms with E-state index < -0.39 is 0 Å². The fourth-order valence-corrected chi connectivity index (χ4v) is 3.88. The number of carbonyl (C=O) groups excluding carboxylic acids is 1. The molecular weight excluding hydrogens is 382 g/mol. The van der Waals surface area contributed by atoms with E-state index in [1.165, 1.54) is 27.8 Å². The van der Waals surface area contributed by atoms with E-state index in [1.54, 1.807) is 0 Å². The number of aromatic nitrogens is 2. The van der Waals surface area contributed by atoms with Crippen LogP contribution in [0.1, 0.15) is 21.8 Å². The molecule has 0 fully saturated rings. The Labute approximate surface area is 173 Å². The molecule has 29 heavy (non-hydrogen) atoms. The fraction of sp³-hybridized carbons (Fsp3) is 0.217. The van der Waals surface area contributed by atoms with Crippen molar-refractivity contribution in [1.29, 1.82) is 0 Å². The second-order valence-electron chi connectivity index (χ2n) is 6.97. The number of hydrogen-bond acceptors (Lipinski definition) is 4. The number of ether oxygens (including phenoxy) is 1. The lowest BCUT2D eigenvalue weighted by atomic mass is 10.1. The van der Waals surface area contributed by atoms with E-state index in [0.29, 0.717) is 13.2 Å². The minimum atomic E-state index is -0.0128. The highest BCUT2D eigenvalue weighted by Gasteiger charge is 2.09. The van der Waals surface area contributed by atoms with Crippen LogP contribution in [0.3, 0.4) is 0 Å². The molecular formula is C23H23N3O2S. The molecule has 0 aliphatic rings. The molecule has 4 rings (SSSR count). The van der Waals surface area contributed by atoms with Crippen LogP contribution in [0.15, 0.2) is 60.1 Å². The van der Waals surface area contributed by atoms with Crippen LogP contribution >= 0.6 is 11.3 Å². The number of hydrogen-bond donors (Lipinski definition) is 2. The molecule has 2 heterocycles. The molecule has 0 spiro atoms. The van der Waals surface area contributed by atoms with Crippen LogP contribution in [0.5, 0.6) is 5.75 Å². The van der Waals surface area contributed by atoms with Crippen LogP contribution in [0.2, 0.25) is 0 Å². The predicted octanol–water partition coefficient (Wildman–Crippen LogP) is 4.41. The quantitative estimate of drug-likeness (QED) is 0.456. The summed E-state index contributed by atoms with van der Waals surface area (Å²) in [6.45, 7) is 3.06. The molecule has 0 bridgehead atoms. The van der Waals surface area contributed by atoms with Crippen LogP contribution in [-0.4, -0.2) is 22.4 Å². The number of aryl methyl sites for hydroxylation is 1. The Kier molecular flexibility index (Phi) is 5.91. The minimum Gasteiger partial charge on any atom is -0.486 e. The zero-order valence-electron chi connectivity index (χ0n) is 16.3. The number of para-hydroxylation sites is 1. The van der Waals surface area contributed by atoms with Gasteiger partial charge < -0.3 is 15.0 Å². The number of aromatic amines is 1. The van der Waals surface area contributed by atoms with Gasteiger partial charge in [-0.1, -0.05) is 35.9 Å². The lowest BCUT2D eigenvalue weighted by Gasteiger charge is -2.04. The first-order valence-corrected chi connectivity index (χ1v) is 10.5. The topological polar surface area (TPSA) is 67.0 Å². The number of rotatable bonds is 8. The molecule has 6 heteroatoms.